The Labute approximate surface area is 116 Å². The monoisotopic (exact) mass is 301 g/mol. The van der Waals surface area contributed by atoms with Gasteiger partial charge in [0.25, 0.3) is 5.91 Å². The molecule has 0 aliphatic rings. The van der Waals surface area contributed by atoms with E-state index in [0.29, 0.717) is 0 Å². The molecule has 104 valence electrons. The van der Waals surface area contributed by atoms with Crippen molar-refractivity contribution in [2.75, 3.05) is 5.32 Å². The van der Waals surface area contributed by atoms with Gasteiger partial charge in [-0.2, -0.15) is 13.2 Å². The van der Waals surface area contributed by atoms with Crippen LogP contribution in [0.5, 0.6) is 0 Å². The van der Waals surface area contributed by atoms with E-state index in [2.05, 4.69) is 15.3 Å². The predicted octanol–water partition coefficient (Wildman–Crippen LogP) is 3.40. The topological polar surface area (TPSA) is 54.9 Å². The lowest BCUT2D eigenvalue weighted by Gasteiger charge is -2.11. The van der Waals surface area contributed by atoms with Crippen LogP contribution in [0, 0.1) is 0 Å². The van der Waals surface area contributed by atoms with Gasteiger partial charge in [-0.25, -0.2) is 9.97 Å². The number of hydrogen-bond acceptors (Lipinski definition) is 3. The van der Waals surface area contributed by atoms with Crippen molar-refractivity contribution in [3.63, 3.8) is 0 Å². The van der Waals surface area contributed by atoms with Crippen LogP contribution < -0.4 is 5.32 Å². The van der Waals surface area contributed by atoms with Crippen molar-refractivity contribution in [1.82, 2.24) is 9.97 Å². The minimum absolute atomic E-state index is 0.000376. The Bertz CT molecular complexity index is 632. The third-order valence-electron chi connectivity index (χ3n) is 2.36. The molecule has 0 radical (unpaired) electrons. The Hall–Kier alpha value is -2.15. The molecule has 0 unspecified atom stereocenters. The first kappa shape index (κ1) is 14.3. The molecule has 0 atom stereocenters. The highest BCUT2D eigenvalue weighted by molar-refractivity contribution is 6.33. The molecule has 0 fully saturated rings. The Morgan fingerprint density at radius 3 is 2.60 bits per heavy atom. The zero-order valence-corrected chi connectivity index (χ0v) is 10.5. The van der Waals surface area contributed by atoms with Gasteiger partial charge in [0.15, 0.2) is 0 Å². The van der Waals surface area contributed by atoms with Crippen LogP contribution in [0.1, 0.15) is 16.1 Å². The van der Waals surface area contributed by atoms with Crippen LogP contribution in [0.3, 0.4) is 0 Å². The number of rotatable bonds is 2. The first-order chi connectivity index (χ1) is 9.38. The van der Waals surface area contributed by atoms with Gasteiger partial charge >= 0.3 is 6.18 Å². The Balaban J connectivity index is 2.27. The molecule has 0 spiro atoms. The summed E-state index contributed by atoms with van der Waals surface area (Å²) >= 11 is 5.76. The molecule has 1 heterocycles. The predicted molar refractivity (Wildman–Crippen MR) is 66.4 cm³/mol. The van der Waals surface area contributed by atoms with Gasteiger partial charge < -0.3 is 5.32 Å². The average molecular weight is 302 g/mol. The molecule has 0 saturated carbocycles. The van der Waals surface area contributed by atoms with Crippen LogP contribution >= 0.6 is 11.6 Å². The summed E-state index contributed by atoms with van der Waals surface area (Å²) in [6.45, 7) is 0. The summed E-state index contributed by atoms with van der Waals surface area (Å²) in [6, 6.07) is 4.00. The van der Waals surface area contributed by atoms with E-state index in [9.17, 15) is 18.0 Å². The Kier molecular flexibility index (Phi) is 3.89. The second kappa shape index (κ2) is 5.46. The van der Waals surface area contributed by atoms with E-state index in [1.807, 2.05) is 0 Å². The van der Waals surface area contributed by atoms with Crippen LogP contribution in [0.4, 0.5) is 18.9 Å². The number of alkyl halides is 3. The Morgan fingerprint density at radius 1 is 1.25 bits per heavy atom. The van der Waals surface area contributed by atoms with Crippen LogP contribution in [0.15, 0.2) is 36.8 Å². The van der Waals surface area contributed by atoms with Gasteiger partial charge in [0.1, 0.15) is 12.0 Å². The van der Waals surface area contributed by atoms with Gasteiger partial charge in [0, 0.05) is 6.20 Å². The van der Waals surface area contributed by atoms with Crippen molar-refractivity contribution in [3.05, 3.63) is 53.1 Å². The smallest absolute Gasteiger partial charge is 0.319 e. The highest BCUT2D eigenvalue weighted by atomic mass is 35.5. The van der Waals surface area contributed by atoms with Crippen molar-refractivity contribution < 1.29 is 18.0 Å². The van der Waals surface area contributed by atoms with Gasteiger partial charge in [-0.15, -0.1) is 0 Å². The number of amides is 1. The van der Waals surface area contributed by atoms with Gasteiger partial charge in [0.05, 0.1) is 16.3 Å². The first-order valence-electron chi connectivity index (χ1n) is 5.32. The van der Waals surface area contributed by atoms with Crippen molar-refractivity contribution in [1.29, 1.82) is 0 Å². The second-order valence-corrected chi connectivity index (χ2v) is 4.15. The molecule has 2 rings (SSSR count). The molecule has 8 heteroatoms. The fourth-order valence-corrected chi connectivity index (χ4v) is 1.57. The number of carbonyl (C=O) groups excluding carboxylic acids is 1. The van der Waals surface area contributed by atoms with Gasteiger partial charge in [-0.3, -0.25) is 4.79 Å². The number of halogens is 4. The van der Waals surface area contributed by atoms with Gasteiger partial charge in [0.2, 0.25) is 0 Å². The molecule has 2 aromatic rings. The SMILES string of the molecule is O=C(Nc1cc(C(F)(F)F)ccc1Cl)c1ccncn1. The van der Waals surface area contributed by atoms with E-state index in [1.165, 1.54) is 12.3 Å². The zero-order chi connectivity index (χ0) is 14.8. The summed E-state index contributed by atoms with van der Waals surface area (Å²) in [6.07, 6.45) is -2.02. The summed E-state index contributed by atoms with van der Waals surface area (Å²) in [5.74, 6) is -0.673. The molecule has 20 heavy (non-hydrogen) atoms. The summed E-state index contributed by atoms with van der Waals surface area (Å²) in [5, 5.41) is 2.28. The number of nitrogens with one attached hydrogen (secondary N) is 1. The molecule has 4 nitrogen and oxygen atoms in total. The molecular weight excluding hydrogens is 295 g/mol. The van der Waals surface area contributed by atoms with Gasteiger partial charge in [-0.05, 0) is 24.3 Å². The zero-order valence-electron chi connectivity index (χ0n) is 9.78. The fourth-order valence-electron chi connectivity index (χ4n) is 1.41. The number of anilines is 1. The van der Waals surface area contributed by atoms with Gasteiger partial charge in [-0.1, -0.05) is 11.6 Å². The van der Waals surface area contributed by atoms with Crippen molar-refractivity contribution in [2.45, 2.75) is 6.18 Å². The maximum Gasteiger partial charge on any atom is 0.416 e. The molecule has 0 aliphatic carbocycles. The standard InChI is InChI=1S/C12H7ClF3N3O/c13-8-2-1-7(12(14,15)16)5-10(8)19-11(20)9-3-4-17-6-18-9/h1-6H,(H,19,20). The summed E-state index contributed by atoms with van der Waals surface area (Å²) in [5.41, 5.74) is -1.02. The average Bonchev–Trinajstić information content (AvgIpc) is 2.41. The third-order valence-corrected chi connectivity index (χ3v) is 2.69. The van der Waals surface area contributed by atoms with E-state index in [4.69, 9.17) is 11.6 Å². The molecule has 1 aromatic carbocycles. The highest BCUT2D eigenvalue weighted by Gasteiger charge is 2.31. The minimum Gasteiger partial charge on any atom is -0.319 e. The quantitative estimate of drug-likeness (QED) is 0.925. The fraction of sp³-hybridized carbons (Fsp3) is 0.0833. The molecular formula is C12H7ClF3N3O. The summed E-state index contributed by atoms with van der Waals surface area (Å²) in [7, 11) is 0. The number of hydrogen-bond donors (Lipinski definition) is 1. The number of aromatic nitrogens is 2. The highest BCUT2D eigenvalue weighted by Crippen LogP contribution is 2.33. The van der Waals surface area contributed by atoms with E-state index < -0.39 is 17.6 Å². The number of nitrogens with zero attached hydrogens (tertiary/aromatic N) is 2. The Morgan fingerprint density at radius 2 is 2.00 bits per heavy atom. The number of carbonyl (C=O) groups is 1. The molecule has 1 N–H and O–H groups in total. The molecule has 1 aromatic heterocycles. The lowest BCUT2D eigenvalue weighted by Crippen LogP contribution is -2.15. The van der Waals surface area contributed by atoms with E-state index in [-0.39, 0.29) is 16.4 Å². The van der Waals surface area contributed by atoms with Crippen LogP contribution in [-0.4, -0.2) is 15.9 Å². The summed E-state index contributed by atoms with van der Waals surface area (Å²) < 4.78 is 37.8. The third kappa shape index (κ3) is 3.24. The van der Waals surface area contributed by atoms with Crippen LogP contribution in [0.2, 0.25) is 5.02 Å². The largest absolute Gasteiger partial charge is 0.416 e. The van der Waals surface area contributed by atoms with Crippen molar-refractivity contribution in [2.24, 2.45) is 0 Å². The van der Waals surface area contributed by atoms with Crippen LogP contribution in [0.25, 0.3) is 0 Å². The number of benzene rings is 1. The van der Waals surface area contributed by atoms with Crippen LogP contribution in [-0.2, 0) is 6.18 Å². The van der Waals surface area contributed by atoms with Crippen molar-refractivity contribution >= 4 is 23.2 Å². The van der Waals surface area contributed by atoms with E-state index >= 15 is 0 Å². The maximum absolute atomic E-state index is 12.6. The lowest BCUT2D eigenvalue weighted by molar-refractivity contribution is -0.137. The van der Waals surface area contributed by atoms with Crippen molar-refractivity contribution in [3.8, 4) is 0 Å². The second-order valence-electron chi connectivity index (χ2n) is 3.74. The summed E-state index contributed by atoms with van der Waals surface area (Å²) in [4.78, 5) is 19.1. The molecule has 0 saturated heterocycles. The first-order valence-corrected chi connectivity index (χ1v) is 5.70. The van der Waals surface area contributed by atoms with E-state index in [0.717, 1.165) is 24.5 Å². The normalized spacial score (nSPS) is 11.2. The molecule has 1 amide bonds. The molecule has 0 aliphatic heterocycles. The minimum atomic E-state index is -4.51. The molecule has 0 bridgehead atoms. The lowest BCUT2D eigenvalue weighted by atomic mass is 10.2. The maximum atomic E-state index is 12.6. The van der Waals surface area contributed by atoms with E-state index in [1.54, 1.807) is 0 Å².